The molecule has 2 rings (SSSR count). The average molecular weight is 419 g/mol. The van der Waals surface area contributed by atoms with Crippen LogP contribution in [0.5, 0.6) is 0 Å². The molecule has 0 aliphatic heterocycles. The maximum Gasteiger partial charge on any atom is 0.319 e. The number of urea groups is 1. The van der Waals surface area contributed by atoms with Gasteiger partial charge in [-0.25, -0.2) is 10.3 Å². The molecule has 166 valence electrons. The molecule has 0 spiro atoms. The molecule has 0 saturated heterocycles. The summed E-state index contributed by atoms with van der Waals surface area (Å²) in [5, 5.41) is 14.5. The molecule has 0 radical (unpaired) electrons. The molecule has 0 bridgehead atoms. The van der Waals surface area contributed by atoms with Crippen molar-refractivity contribution in [2.75, 3.05) is 18.4 Å². The summed E-state index contributed by atoms with van der Waals surface area (Å²) in [6.07, 6.45) is 4.23. The lowest BCUT2D eigenvalue weighted by atomic mass is 9.85. The van der Waals surface area contributed by atoms with Gasteiger partial charge in [0.25, 0.3) is 5.91 Å². The van der Waals surface area contributed by atoms with E-state index in [0.717, 1.165) is 31.2 Å². The smallest absolute Gasteiger partial charge is 0.319 e. The number of nitrogens with one attached hydrogen (secondary N) is 3. The highest BCUT2D eigenvalue weighted by Gasteiger charge is 2.37. The second-order valence-corrected chi connectivity index (χ2v) is 9.17. The van der Waals surface area contributed by atoms with E-state index in [0.29, 0.717) is 18.2 Å². The average Bonchev–Trinajstić information content (AvgIpc) is 3.17. The predicted octanol–water partition coefficient (Wildman–Crippen LogP) is 3.06. The fourth-order valence-electron chi connectivity index (χ4n) is 3.80. The van der Waals surface area contributed by atoms with Crippen LogP contribution in [0, 0.1) is 18.3 Å². The normalized spacial score (nSPS) is 15.4. The summed E-state index contributed by atoms with van der Waals surface area (Å²) >= 11 is 0. The minimum absolute atomic E-state index is 0.250. The molecule has 1 aliphatic carbocycles. The highest BCUT2D eigenvalue weighted by Crippen LogP contribution is 2.27. The second kappa shape index (κ2) is 10.4. The van der Waals surface area contributed by atoms with Crippen LogP contribution in [-0.2, 0) is 9.59 Å². The van der Waals surface area contributed by atoms with E-state index >= 15 is 0 Å². The first-order valence-corrected chi connectivity index (χ1v) is 10.5. The molecular formula is C22H34N4O4. The number of benzene rings is 1. The molecule has 0 heterocycles. The molecular weight excluding hydrogens is 384 g/mol. The molecule has 8 heteroatoms. The Labute approximate surface area is 178 Å². The Morgan fingerprint density at radius 1 is 1.20 bits per heavy atom. The maximum absolute atomic E-state index is 13.4. The van der Waals surface area contributed by atoms with Gasteiger partial charge in [0, 0.05) is 12.2 Å². The molecule has 4 N–H and O–H groups in total. The van der Waals surface area contributed by atoms with Crippen molar-refractivity contribution in [3.8, 4) is 0 Å². The van der Waals surface area contributed by atoms with Crippen LogP contribution in [0.2, 0.25) is 0 Å². The Morgan fingerprint density at radius 3 is 2.43 bits per heavy atom. The number of aryl methyl sites for hydroxylation is 1. The first kappa shape index (κ1) is 23.7. The van der Waals surface area contributed by atoms with Crippen LogP contribution in [0.25, 0.3) is 0 Å². The summed E-state index contributed by atoms with van der Waals surface area (Å²) in [6, 6.07) is 6.06. The van der Waals surface area contributed by atoms with Crippen LogP contribution in [0.4, 0.5) is 10.5 Å². The molecule has 0 unspecified atom stereocenters. The lowest BCUT2D eigenvalue weighted by Gasteiger charge is -2.35. The minimum atomic E-state index is -0.838. The Bertz CT molecular complexity index is 754. The zero-order valence-electron chi connectivity index (χ0n) is 18.3. The van der Waals surface area contributed by atoms with E-state index in [1.54, 1.807) is 11.5 Å². The van der Waals surface area contributed by atoms with Crippen LogP contribution in [0.15, 0.2) is 24.3 Å². The topological polar surface area (TPSA) is 111 Å². The molecule has 0 aromatic heterocycles. The van der Waals surface area contributed by atoms with Crippen molar-refractivity contribution in [3.05, 3.63) is 29.8 Å². The maximum atomic E-state index is 13.4. The Hall–Kier alpha value is -2.61. The van der Waals surface area contributed by atoms with Crippen molar-refractivity contribution in [1.29, 1.82) is 0 Å². The molecule has 1 atom stereocenters. The lowest BCUT2D eigenvalue weighted by Crippen LogP contribution is -2.57. The predicted molar refractivity (Wildman–Crippen MR) is 115 cm³/mol. The number of hydrogen-bond acceptors (Lipinski definition) is 4. The number of rotatable bonds is 7. The molecule has 1 aromatic rings. The van der Waals surface area contributed by atoms with Gasteiger partial charge in [-0.3, -0.25) is 14.8 Å². The zero-order chi connectivity index (χ0) is 22.3. The van der Waals surface area contributed by atoms with E-state index in [-0.39, 0.29) is 12.5 Å². The van der Waals surface area contributed by atoms with E-state index in [2.05, 4.69) is 10.6 Å². The molecule has 1 saturated carbocycles. The van der Waals surface area contributed by atoms with Gasteiger partial charge in [-0.1, -0.05) is 45.7 Å². The monoisotopic (exact) mass is 418 g/mol. The summed E-state index contributed by atoms with van der Waals surface area (Å²) in [5.41, 5.74) is 2.66. The van der Waals surface area contributed by atoms with Crippen LogP contribution in [0.1, 0.15) is 52.0 Å². The number of carbonyl (C=O) groups excluding carboxylic acids is 3. The number of anilines is 1. The fraction of sp³-hybridized carbons (Fsp3) is 0.591. The summed E-state index contributed by atoms with van der Waals surface area (Å²) < 4.78 is 0. The van der Waals surface area contributed by atoms with Gasteiger partial charge in [-0.2, -0.15) is 0 Å². The van der Waals surface area contributed by atoms with Gasteiger partial charge in [-0.05, 0) is 48.8 Å². The Balaban J connectivity index is 2.15. The van der Waals surface area contributed by atoms with E-state index in [1.807, 2.05) is 45.9 Å². The summed E-state index contributed by atoms with van der Waals surface area (Å²) in [7, 11) is 0. The number of amides is 4. The van der Waals surface area contributed by atoms with Gasteiger partial charge in [-0.15, -0.1) is 0 Å². The minimum Gasteiger partial charge on any atom is -0.331 e. The van der Waals surface area contributed by atoms with Crippen LogP contribution in [0.3, 0.4) is 0 Å². The van der Waals surface area contributed by atoms with Gasteiger partial charge < -0.3 is 15.5 Å². The first-order valence-electron chi connectivity index (χ1n) is 10.5. The van der Waals surface area contributed by atoms with Crippen molar-refractivity contribution in [3.63, 3.8) is 0 Å². The van der Waals surface area contributed by atoms with Gasteiger partial charge >= 0.3 is 6.03 Å². The van der Waals surface area contributed by atoms with Crippen molar-refractivity contribution >= 4 is 23.5 Å². The quantitative estimate of drug-likeness (QED) is 0.403. The second-order valence-electron chi connectivity index (χ2n) is 9.17. The molecule has 1 fully saturated rings. The number of hydrogen-bond donors (Lipinski definition) is 4. The van der Waals surface area contributed by atoms with Crippen molar-refractivity contribution < 1.29 is 19.6 Å². The number of nitrogens with zero attached hydrogens (tertiary/aromatic N) is 1. The zero-order valence-corrected chi connectivity index (χ0v) is 18.3. The molecule has 1 aliphatic rings. The fourth-order valence-corrected chi connectivity index (χ4v) is 3.80. The first-order chi connectivity index (χ1) is 14.1. The Kier molecular flexibility index (Phi) is 8.23. The molecule has 1 aromatic carbocycles. The van der Waals surface area contributed by atoms with Gasteiger partial charge in [0.2, 0.25) is 5.91 Å². The third-order valence-electron chi connectivity index (χ3n) is 5.39. The number of carbonyl (C=O) groups is 3. The highest BCUT2D eigenvalue weighted by atomic mass is 16.5. The third kappa shape index (κ3) is 7.02. The van der Waals surface area contributed by atoms with E-state index < -0.39 is 23.4 Å². The number of hydroxylamine groups is 1. The van der Waals surface area contributed by atoms with Gasteiger partial charge in [0.15, 0.2) is 0 Å². The van der Waals surface area contributed by atoms with Crippen LogP contribution < -0.4 is 16.1 Å². The Morgan fingerprint density at radius 2 is 1.87 bits per heavy atom. The standard InChI is InChI=1S/C22H34N4O4/c1-15-8-7-11-17(12-15)23-21(29)24-19(22(2,3)4)20(28)26(14-18(27)25-30)13-16-9-5-6-10-16/h7-8,11-12,16,19,30H,5-6,9-10,13-14H2,1-4H3,(H,25,27)(H2,23,24,29)/t19-/m1/s1. The molecule has 30 heavy (non-hydrogen) atoms. The summed E-state index contributed by atoms with van der Waals surface area (Å²) in [4.78, 5) is 39.3. The molecule has 8 nitrogen and oxygen atoms in total. The van der Waals surface area contributed by atoms with Crippen molar-refractivity contribution in [2.24, 2.45) is 11.3 Å². The summed E-state index contributed by atoms with van der Waals surface area (Å²) in [6.45, 7) is 7.70. The van der Waals surface area contributed by atoms with E-state index in [1.165, 1.54) is 4.90 Å². The highest BCUT2D eigenvalue weighted by molar-refractivity contribution is 5.95. The van der Waals surface area contributed by atoms with Crippen LogP contribution in [-0.4, -0.2) is 47.1 Å². The van der Waals surface area contributed by atoms with Gasteiger partial charge in [0.05, 0.1) is 0 Å². The van der Waals surface area contributed by atoms with E-state index in [4.69, 9.17) is 5.21 Å². The SMILES string of the molecule is Cc1cccc(NC(=O)N[C@H](C(=O)N(CC(=O)NO)CC2CCCC2)C(C)(C)C)c1. The van der Waals surface area contributed by atoms with Crippen LogP contribution >= 0.6 is 0 Å². The summed E-state index contributed by atoms with van der Waals surface area (Å²) in [5.74, 6) is -0.669. The largest absolute Gasteiger partial charge is 0.331 e. The molecule has 4 amide bonds. The third-order valence-corrected chi connectivity index (χ3v) is 5.39. The van der Waals surface area contributed by atoms with E-state index in [9.17, 15) is 14.4 Å². The van der Waals surface area contributed by atoms with Crippen molar-refractivity contribution in [1.82, 2.24) is 15.7 Å². The lowest BCUT2D eigenvalue weighted by molar-refractivity contribution is -0.142. The van der Waals surface area contributed by atoms with Gasteiger partial charge in [0.1, 0.15) is 12.6 Å². The van der Waals surface area contributed by atoms with Crippen molar-refractivity contribution in [2.45, 2.75) is 59.4 Å².